The Labute approximate surface area is 141 Å². The summed E-state index contributed by atoms with van der Waals surface area (Å²) in [5.41, 5.74) is 0.879. The molecule has 1 N–H and O–H groups in total. The molecule has 0 atom stereocenters. The van der Waals surface area contributed by atoms with Gasteiger partial charge in [0.15, 0.2) is 0 Å². The molecule has 0 radical (unpaired) electrons. The van der Waals surface area contributed by atoms with Crippen LogP contribution in [0.25, 0.3) is 21.8 Å². The van der Waals surface area contributed by atoms with Crippen LogP contribution >= 0.6 is 0 Å². The number of nitrogens with one attached hydrogen (secondary N) is 1. The number of non-ortho nitro benzene ring substituents is 1. The Kier molecular flexibility index (Phi) is 3.84. The Morgan fingerprint density at radius 2 is 1.80 bits per heavy atom. The summed E-state index contributed by atoms with van der Waals surface area (Å²) in [5.74, 6) is -0.437. The molecule has 1 heterocycles. The molecule has 9 nitrogen and oxygen atoms in total. The smallest absolute Gasteiger partial charge is 0.302 e. The average molecular weight is 342 g/mol. The summed E-state index contributed by atoms with van der Waals surface area (Å²) < 4.78 is 1.85. The lowest BCUT2D eigenvalue weighted by molar-refractivity contribution is -0.384. The molecule has 9 heteroatoms. The van der Waals surface area contributed by atoms with E-state index >= 15 is 0 Å². The van der Waals surface area contributed by atoms with Crippen molar-refractivity contribution in [3.8, 4) is 0 Å². The van der Waals surface area contributed by atoms with Crippen molar-refractivity contribution < 1.29 is 14.6 Å². The molecule has 1 aromatic heterocycles. The standard InChI is InChI=1S/C16H14N4O5/c1-3-18-13-6-4-10(19(22)23)8-11(13)15-14(18)7-5-12(17-9(2)21)16(15)20(24)25/h4-8H,3H2,1-2H3,(H,17,21). The Balaban J connectivity index is 2.52. The van der Waals surface area contributed by atoms with Crippen molar-refractivity contribution in [2.24, 2.45) is 0 Å². The van der Waals surface area contributed by atoms with E-state index in [1.165, 1.54) is 25.1 Å². The lowest BCUT2D eigenvalue weighted by Crippen LogP contribution is -2.08. The minimum atomic E-state index is -0.578. The van der Waals surface area contributed by atoms with Crippen molar-refractivity contribution in [1.82, 2.24) is 4.57 Å². The van der Waals surface area contributed by atoms with Crippen LogP contribution in [0.2, 0.25) is 0 Å². The minimum Gasteiger partial charge on any atom is -0.341 e. The maximum atomic E-state index is 11.7. The van der Waals surface area contributed by atoms with Gasteiger partial charge in [-0.15, -0.1) is 0 Å². The molecule has 0 unspecified atom stereocenters. The lowest BCUT2D eigenvalue weighted by Gasteiger charge is -2.06. The van der Waals surface area contributed by atoms with Crippen molar-refractivity contribution in [2.75, 3.05) is 5.32 Å². The molecule has 25 heavy (non-hydrogen) atoms. The van der Waals surface area contributed by atoms with Gasteiger partial charge in [0, 0.05) is 36.5 Å². The second-order valence-electron chi connectivity index (χ2n) is 5.50. The van der Waals surface area contributed by atoms with Crippen molar-refractivity contribution in [3.63, 3.8) is 0 Å². The lowest BCUT2D eigenvalue weighted by atomic mass is 10.1. The van der Waals surface area contributed by atoms with Crippen LogP contribution in [-0.2, 0) is 11.3 Å². The van der Waals surface area contributed by atoms with Crippen LogP contribution in [0.5, 0.6) is 0 Å². The number of nitro benzene ring substituents is 2. The molecule has 0 saturated heterocycles. The summed E-state index contributed by atoms with van der Waals surface area (Å²) in [6.45, 7) is 3.68. The molecule has 0 aliphatic carbocycles. The van der Waals surface area contributed by atoms with Crippen molar-refractivity contribution in [1.29, 1.82) is 0 Å². The van der Waals surface area contributed by atoms with E-state index in [1.54, 1.807) is 12.1 Å². The number of benzene rings is 2. The predicted molar refractivity (Wildman–Crippen MR) is 92.7 cm³/mol. The van der Waals surface area contributed by atoms with E-state index in [0.29, 0.717) is 23.0 Å². The van der Waals surface area contributed by atoms with Gasteiger partial charge in [-0.05, 0) is 25.1 Å². The quantitative estimate of drug-likeness (QED) is 0.574. The number of anilines is 1. The second-order valence-corrected chi connectivity index (χ2v) is 5.50. The Morgan fingerprint density at radius 3 is 2.36 bits per heavy atom. The Bertz CT molecular complexity index is 1050. The second kappa shape index (κ2) is 5.86. The average Bonchev–Trinajstić information content (AvgIpc) is 2.86. The van der Waals surface area contributed by atoms with E-state index in [9.17, 15) is 25.0 Å². The van der Waals surface area contributed by atoms with Crippen LogP contribution in [0.3, 0.4) is 0 Å². The molecular formula is C16H14N4O5. The maximum Gasteiger partial charge on any atom is 0.302 e. The topological polar surface area (TPSA) is 120 Å². The zero-order valence-electron chi connectivity index (χ0n) is 13.5. The molecule has 0 fully saturated rings. The van der Waals surface area contributed by atoms with Crippen LogP contribution in [-0.4, -0.2) is 20.3 Å². The van der Waals surface area contributed by atoms with Gasteiger partial charge < -0.3 is 9.88 Å². The molecule has 0 spiro atoms. The van der Waals surface area contributed by atoms with Crippen LogP contribution in [0.1, 0.15) is 13.8 Å². The van der Waals surface area contributed by atoms with Gasteiger partial charge in [0.1, 0.15) is 5.69 Å². The number of amides is 1. The highest BCUT2D eigenvalue weighted by Crippen LogP contribution is 2.41. The Hall–Kier alpha value is -3.49. The molecule has 0 aliphatic rings. The van der Waals surface area contributed by atoms with Gasteiger partial charge in [0.2, 0.25) is 5.91 Å². The van der Waals surface area contributed by atoms with Gasteiger partial charge in [-0.2, -0.15) is 0 Å². The van der Waals surface area contributed by atoms with E-state index in [1.807, 2.05) is 11.5 Å². The summed E-state index contributed by atoms with van der Waals surface area (Å²) in [5, 5.41) is 25.9. The van der Waals surface area contributed by atoms with Crippen LogP contribution < -0.4 is 5.32 Å². The fourth-order valence-electron chi connectivity index (χ4n) is 3.09. The highest BCUT2D eigenvalue weighted by atomic mass is 16.6. The number of rotatable bonds is 4. The number of hydrogen-bond donors (Lipinski definition) is 1. The minimum absolute atomic E-state index is 0.0617. The SMILES string of the molecule is CCn1c2ccc([N+](=O)[O-])cc2c2c([N+](=O)[O-])c(NC(C)=O)ccc21. The third kappa shape index (κ3) is 2.55. The highest BCUT2D eigenvalue weighted by Gasteiger charge is 2.25. The summed E-state index contributed by atoms with van der Waals surface area (Å²) in [7, 11) is 0. The predicted octanol–water partition coefficient (Wildman–Crippen LogP) is 3.59. The first-order chi connectivity index (χ1) is 11.8. The summed E-state index contributed by atoms with van der Waals surface area (Å²) in [6.07, 6.45) is 0. The largest absolute Gasteiger partial charge is 0.341 e. The number of fused-ring (bicyclic) bond motifs is 3. The van der Waals surface area contributed by atoms with Gasteiger partial charge in [0.05, 0.1) is 20.7 Å². The van der Waals surface area contributed by atoms with E-state index in [-0.39, 0.29) is 22.4 Å². The first-order valence-corrected chi connectivity index (χ1v) is 7.50. The van der Waals surface area contributed by atoms with Crippen molar-refractivity contribution >= 4 is 44.8 Å². The molecule has 0 bridgehead atoms. The molecule has 3 aromatic rings. The van der Waals surface area contributed by atoms with E-state index in [2.05, 4.69) is 5.32 Å². The third-order valence-electron chi connectivity index (χ3n) is 4.01. The molecule has 0 saturated carbocycles. The van der Waals surface area contributed by atoms with Gasteiger partial charge >= 0.3 is 5.69 Å². The van der Waals surface area contributed by atoms with Crippen LogP contribution in [0.4, 0.5) is 17.1 Å². The first kappa shape index (κ1) is 16.4. The zero-order valence-corrected chi connectivity index (χ0v) is 13.5. The maximum absolute atomic E-state index is 11.7. The zero-order chi connectivity index (χ0) is 18.3. The summed E-state index contributed by atoms with van der Waals surface area (Å²) >= 11 is 0. The van der Waals surface area contributed by atoms with Gasteiger partial charge in [-0.3, -0.25) is 25.0 Å². The number of carbonyl (C=O) groups is 1. The number of nitro groups is 2. The molecule has 128 valence electrons. The summed E-state index contributed by atoms with van der Waals surface area (Å²) in [4.78, 5) is 33.0. The fourth-order valence-corrected chi connectivity index (χ4v) is 3.09. The Morgan fingerprint density at radius 1 is 1.12 bits per heavy atom. The van der Waals surface area contributed by atoms with Crippen molar-refractivity contribution in [3.05, 3.63) is 50.6 Å². The molecule has 2 aromatic carbocycles. The normalized spacial score (nSPS) is 11.0. The highest BCUT2D eigenvalue weighted by molar-refractivity contribution is 6.16. The van der Waals surface area contributed by atoms with Crippen LogP contribution in [0.15, 0.2) is 30.3 Å². The molecule has 0 aliphatic heterocycles. The van der Waals surface area contributed by atoms with Crippen LogP contribution in [0, 0.1) is 20.2 Å². The van der Waals surface area contributed by atoms with Crippen molar-refractivity contribution in [2.45, 2.75) is 20.4 Å². The van der Waals surface area contributed by atoms with E-state index in [0.717, 1.165) is 0 Å². The fraction of sp³-hybridized carbons (Fsp3) is 0.188. The third-order valence-corrected chi connectivity index (χ3v) is 4.01. The molecular weight excluding hydrogens is 328 g/mol. The number of aromatic nitrogens is 1. The number of carbonyl (C=O) groups excluding carboxylic acids is 1. The van der Waals surface area contributed by atoms with Gasteiger partial charge in [0.25, 0.3) is 5.69 Å². The number of nitrogens with zero attached hydrogens (tertiary/aromatic N) is 3. The van der Waals surface area contributed by atoms with Gasteiger partial charge in [-0.25, -0.2) is 0 Å². The number of aryl methyl sites for hydroxylation is 1. The first-order valence-electron chi connectivity index (χ1n) is 7.50. The monoisotopic (exact) mass is 342 g/mol. The molecule has 1 amide bonds. The molecule has 3 rings (SSSR count). The number of hydrogen-bond acceptors (Lipinski definition) is 5. The van der Waals surface area contributed by atoms with E-state index in [4.69, 9.17) is 0 Å². The van der Waals surface area contributed by atoms with E-state index < -0.39 is 15.8 Å². The summed E-state index contributed by atoms with van der Waals surface area (Å²) in [6, 6.07) is 7.42. The van der Waals surface area contributed by atoms with Gasteiger partial charge in [-0.1, -0.05) is 0 Å².